The van der Waals surface area contributed by atoms with E-state index in [1.54, 1.807) is 73.1 Å². The number of nitrogens with one attached hydrogen (secondary N) is 1. The average molecular weight is 949 g/mol. The Balaban J connectivity index is 0.000000189. The molecule has 0 radical (unpaired) electrons. The van der Waals surface area contributed by atoms with E-state index in [1.807, 2.05) is 60.7 Å². The number of rotatable bonds is 13. The van der Waals surface area contributed by atoms with E-state index in [-0.39, 0.29) is 17.5 Å². The molecule has 8 aromatic rings. The van der Waals surface area contributed by atoms with Crippen LogP contribution < -0.4 is 0 Å². The monoisotopic (exact) mass is 947 g/mol. The summed E-state index contributed by atoms with van der Waals surface area (Å²) in [5.74, 6) is -0.773. The predicted octanol–water partition coefficient (Wildman–Crippen LogP) is 12.7. The molecule has 66 heavy (non-hydrogen) atoms. The summed E-state index contributed by atoms with van der Waals surface area (Å²) < 4.78 is 27.4. The van der Waals surface area contributed by atoms with Gasteiger partial charge in [0.2, 0.25) is 0 Å². The Kier molecular flexibility index (Phi) is 20.4. The molecule has 0 unspecified atom stereocenters. The van der Waals surface area contributed by atoms with Gasteiger partial charge in [-0.3, -0.25) is 24.7 Å². The van der Waals surface area contributed by atoms with E-state index >= 15 is 0 Å². The van der Waals surface area contributed by atoms with Gasteiger partial charge in [-0.1, -0.05) is 105 Å². The SMILES string of the molecule is CCN(CC)CC.Fc1ccc(CCc2cc(-c3ccccn3)n[nH]2)cc1.O=C(Cl)c1ccccc1Cl.O=C(c1ccccc1Cl)n1nc(-c2ccccn2)cc1CCc1ccc(F)cc1. The zero-order valence-electron chi connectivity index (χ0n) is 36.9. The number of aromatic amines is 1. The van der Waals surface area contributed by atoms with Crippen molar-refractivity contribution in [3.05, 3.63) is 213 Å². The lowest BCUT2D eigenvalue weighted by Crippen LogP contribution is -2.21. The highest BCUT2D eigenvalue weighted by Crippen LogP contribution is 2.23. The lowest BCUT2D eigenvalue weighted by Gasteiger charge is -2.13. The van der Waals surface area contributed by atoms with Gasteiger partial charge in [0.05, 0.1) is 32.6 Å². The van der Waals surface area contributed by atoms with Crippen LogP contribution in [0.1, 0.15) is 64.0 Å². The Morgan fingerprint density at radius 2 is 1.06 bits per heavy atom. The van der Waals surface area contributed by atoms with Gasteiger partial charge < -0.3 is 4.90 Å². The molecule has 14 heteroatoms. The van der Waals surface area contributed by atoms with Gasteiger partial charge in [-0.25, -0.2) is 13.5 Å². The Morgan fingerprint density at radius 1 is 0.576 bits per heavy atom. The number of nitrogens with zero attached hydrogens (tertiary/aromatic N) is 6. The number of H-pyrrole nitrogens is 1. The van der Waals surface area contributed by atoms with E-state index < -0.39 is 5.24 Å². The minimum Gasteiger partial charge on any atom is -0.304 e. The van der Waals surface area contributed by atoms with Crippen LogP contribution in [0.3, 0.4) is 0 Å². The first kappa shape index (κ1) is 50.6. The van der Waals surface area contributed by atoms with Crippen LogP contribution in [0.25, 0.3) is 22.8 Å². The smallest absolute Gasteiger partial charge is 0.279 e. The molecule has 4 aromatic carbocycles. The van der Waals surface area contributed by atoms with E-state index in [0.29, 0.717) is 45.4 Å². The summed E-state index contributed by atoms with van der Waals surface area (Å²) in [5.41, 5.74) is 7.61. The maximum absolute atomic E-state index is 13.2. The first-order chi connectivity index (χ1) is 32.0. The highest BCUT2D eigenvalue weighted by molar-refractivity contribution is 6.68. The molecule has 340 valence electrons. The molecule has 1 N–H and O–H groups in total. The van der Waals surface area contributed by atoms with Gasteiger partial charge in [0.25, 0.3) is 11.1 Å². The molecule has 0 amide bonds. The second kappa shape index (κ2) is 26.6. The van der Waals surface area contributed by atoms with Crippen molar-refractivity contribution in [3.63, 3.8) is 0 Å². The zero-order chi connectivity index (χ0) is 47.3. The number of pyridine rings is 2. The third kappa shape index (κ3) is 15.7. The summed E-state index contributed by atoms with van der Waals surface area (Å²) in [4.78, 5) is 34.6. The fourth-order valence-corrected chi connectivity index (χ4v) is 7.09. The van der Waals surface area contributed by atoms with Crippen LogP contribution in [0.5, 0.6) is 0 Å². The van der Waals surface area contributed by atoms with Crippen LogP contribution >= 0.6 is 34.8 Å². The summed E-state index contributed by atoms with van der Waals surface area (Å²) in [7, 11) is 0. The third-order valence-corrected chi connectivity index (χ3v) is 11.0. The van der Waals surface area contributed by atoms with Gasteiger partial charge in [0.15, 0.2) is 0 Å². The molecule has 0 saturated carbocycles. The van der Waals surface area contributed by atoms with Gasteiger partial charge >= 0.3 is 0 Å². The molecule has 9 nitrogen and oxygen atoms in total. The zero-order valence-corrected chi connectivity index (χ0v) is 39.1. The summed E-state index contributed by atoms with van der Waals surface area (Å²) >= 11 is 17.0. The molecule has 0 aliphatic heterocycles. The van der Waals surface area contributed by atoms with E-state index in [1.165, 1.54) is 48.6 Å². The van der Waals surface area contributed by atoms with Gasteiger partial charge in [0.1, 0.15) is 23.0 Å². The van der Waals surface area contributed by atoms with E-state index in [2.05, 4.69) is 50.9 Å². The summed E-state index contributed by atoms with van der Waals surface area (Å²) in [6, 6.07) is 41.6. The van der Waals surface area contributed by atoms with Gasteiger partial charge in [-0.2, -0.15) is 10.2 Å². The number of aryl methyl sites for hydroxylation is 4. The summed E-state index contributed by atoms with van der Waals surface area (Å²) in [6.07, 6.45) is 6.32. The van der Waals surface area contributed by atoms with Crippen molar-refractivity contribution in [1.82, 2.24) is 34.8 Å². The summed E-state index contributed by atoms with van der Waals surface area (Å²) in [6.45, 7) is 10.1. The maximum Gasteiger partial charge on any atom is 0.279 e. The van der Waals surface area contributed by atoms with Crippen LogP contribution in [0.4, 0.5) is 8.78 Å². The highest BCUT2D eigenvalue weighted by atomic mass is 35.5. The number of aromatic nitrogens is 6. The lowest BCUT2D eigenvalue weighted by molar-refractivity contribution is 0.0941. The Bertz CT molecular complexity index is 2710. The normalized spacial score (nSPS) is 10.5. The van der Waals surface area contributed by atoms with Crippen molar-refractivity contribution in [2.45, 2.75) is 46.5 Å². The number of hydrogen-bond acceptors (Lipinski definition) is 7. The van der Waals surface area contributed by atoms with Crippen molar-refractivity contribution in [3.8, 4) is 22.8 Å². The van der Waals surface area contributed by atoms with E-state index in [9.17, 15) is 18.4 Å². The number of carbonyl (C=O) groups excluding carboxylic acids is 2. The predicted molar refractivity (Wildman–Crippen MR) is 261 cm³/mol. The minimum absolute atomic E-state index is 0.201. The molecule has 0 aliphatic carbocycles. The van der Waals surface area contributed by atoms with Gasteiger partial charge in [0, 0.05) is 23.8 Å². The fourth-order valence-electron chi connectivity index (χ4n) is 6.44. The Morgan fingerprint density at radius 3 is 1.52 bits per heavy atom. The molecule has 0 spiro atoms. The van der Waals surface area contributed by atoms with Gasteiger partial charge in [-0.05, 0) is 153 Å². The third-order valence-electron chi connectivity index (χ3n) is 10.2. The minimum atomic E-state index is -0.523. The van der Waals surface area contributed by atoms with Crippen molar-refractivity contribution in [1.29, 1.82) is 0 Å². The largest absolute Gasteiger partial charge is 0.304 e. The van der Waals surface area contributed by atoms with Crippen molar-refractivity contribution < 1.29 is 18.4 Å². The molecule has 8 rings (SSSR count). The van der Waals surface area contributed by atoms with E-state index in [0.717, 1.165) is 46.7 Å². The van der Waals surface area contributed by atoms with Gasteiger partial charge in [-0.15, -0.1) is 0 Å². The highest BCUT2D eigenvalue weighted by Gasteiger charge is 2.19. The second-order valence-corrected chi connectivity index (χ2v) is 15.7. The standard InChI is InChI=1S/C23H17ClFN3O.C16H14FN3.C7H4Cl2O.C6H15N/c24-20-6-2-1-5-19(20)23(29)28-18(13-10-16-8-11-17(25)12-9-16)15-22(27-28)21-7-3-4-14-26-21;17-13-7-4-12(5-8-13)6-9-14-11-16(20-19-14)15-3-1-2-10-18-15;8-6-4-2-1-3-5(6)7(9)10;1-4-7(5-2)6-3/h1-9,11-12,14-15H,10,13H2;1-5,7-8,10-11H,6,9H2,(H,19,20);1-4H;4-6H2,1-3H3. The molecular formula is C52H50Cl3F2N7O2. The molecule has 0 fully saturated rings. The van der Waals surface area contributed by atoms with Crippen LogP contribution in [0.15, 0.2) is 158 Å². The Hall–Kier alpha value is -6.37. The summed E-state index contributed by atoms with van der Waals surface area (Å²) in [5, 5.41) is 12.0. The fraction of sp³-hybridized carbons (Fsp3) is 0.192. The molecular weight excluding hydrogens is 899 g/mol. The maximum atomic E-state index is 13.2. The first-order valence-corrected chi connectivity index (χ1v) is 22.5. The molecule has 4 heterocycles. The molecule has 0 atom stereocenters. The van der Waals surface area contributed by atoms with Crippen LogP contribution in [-0.2, 0) is 25.7 Å². The van der Waals surface area contributed by atoms with Crippen molar-refractivity contribution in [2.24, 2.45) is 0 Å². The quantitative estimate of drug-likeness (QED) is 0.115. The van der Waals surface area contributed by atoms with Crippen molar-refractivity contribution >= 4 is 46.0 Å². The first-order valence-electron chi connectivity index (χ1n) is 21.4. The van der Waals surface area contributed by atoms with Crippen LogP contribution in [0, 0.1) is 11.6 Å². The van der Waals surface area contributed by atoms with Crippen LogP contribution in [-0.4, -0.2) is 65.6 Å². The van der Waals surface area contributed by atoms with E-state index in [4.69, 9.17) is 34.8 Å². The number of benzene rings is 4. The molecule has 4 aromatic heterocycles. The number of hydrogen-bond donors (Lipinski definition) is 1. The lowest BCUT2D eigenvalue weighted by atomic mass is 10.1. The topological polar surface area (TPSA) is 110 Å². The number of halogens is 5. The second-order valence-electron chi connectivity index (χ2n) is 14.6. The van der Waals surface area contributed by atoms with Crippen LogP contribution in [0.2, 0.25) is 10.0 Å². The average Bonchev–Trinajstić information content (AvgIpc) is 4.01. The molecule has 0 aliphatic rings. The number of carbonyl (C=O) groups is 2. The molecule has 0 saturated heterocycles. The Labute approximate surface area is 399 Å². The molecule has 0 bridgehead atoms. The van der Waals surface area contributed by atoms with Crippen molar-refractivity contribution in [2.75, 3.05) is 19.6 Å².